The van der Waals surface area contributed by atoms with Gasteiger partial charge in [0.2, 0.25) is 0 Å². The number of H-pyrrole nitrogens is 1. The number of pyridine rings is 1. The Balaban J connectivity index is 1.61. The molecule has 2 heterocycles. The fourth-order valence-electron chi connectivity index (χ4n) is 3.54. The number of rotatable bonds is 6. The van der Waals surface area contributed by atoms with Crippen LogP contribution in [0.4, 0.5) is 4.39 Å². The maximum Gasteiger partial charge on any atom is 0.253 e. The standard InChI is InChI=1S/C25H24FN3O2S/c1-16-10-19-12-20(24(30)28-23(19)11-17(16)2)15-29(14-18-5-7-21(26)8-6-18)25(32)27-13-22-4-3-9-31-22/h3-12H,13-15H2,1-2H3,(H,27,32)(H,28,30). The van der Waals surface area contributed by atoms with Crippen molar-refractivity contribution in [3.63, 3.8) is 0 Å². The van der Waals surface area contributed by atoms with Crippen LogP contribution in [0.2, 0.25) is 0 Å². The van der Waals surface area contributed by atoms with Gasteiger partial charge >= 0.3 is 0 Å². The van der Waals surface area contributed by atoms with Crippen molar-refractivity contribution < 1.29 is 8.81 Å². The zero-order valence-electron chi connectivity index (χ0n) is 17.9. The van der Waals surface area contributed by atoms with Crippen LogP contribution in [-0.4, -0.2) is 15.0 Å². The van der Waals surface area contributed by atoms with Crippen molar-refractivity contribution in [1.82, 2.24) is 15.2 Å². The minimum atomic E-state index is -0.296. The van der Waals surface area contributed by atoms with Crippen LogP contribution in [0.5, 0.6) is 0 Å². The third-order valence-electron chi connectivity index (χ3n) is 5.46. The molecule has 0 saturated heterocycles. The lowest BCUT2D eigenvalue weighted by atomic mass is 10.0. The summed E-state index contributed by atoms with van der Waals surface area (Å²) >= 11 is 5.64. The van der Waals surface area contributed by atoms with Gasteiger partial charge in [-0.2, -0.15) is 0 Å². The topological polar surface area (TPSA) is 61.3 Å². The maximum atomic E-state index is 13.4. The van der Waals surface area contributed by atoms with E-state index < -0.39 is 0 Å². The molecule has 0 radical (unpaired) electrons. The molecule has 0 aliphatic rings. The minimum absolute atomic E-state index is 0.154. The van der Waals surface area contributed by atoms with E-state index in [1.807, 2.05) is 43.0 Å². The smallest absolute Gasteiger partial charge is 0.253 e. The molecule has 0 atom stereocenters. The van der Waals surface area contributed by atoms with E-state index >= 15 is 0 Å². The van der Waals surface area contributed by atoms with Gasteiger partial charge in [0.25, 0.3) is 5.56 Å². The van der Waals surface area contributed by atoms with E-state index in [1.165, 1.54) is 12.1 Å². The highest BCUT2D eigenvalue weighted by Gasteiger charge is 2.15. The van der Waals surface area contributed by atoms with Crippen LogP contribution in [0.3, 0.4) is 0 Å². The van der Waals surface area contributed by atoms with Crippen LogP contribution in [0.15, 0.2) is 70.1 Å². The van der Waals surface area contributed by atoms with Crippen molar-refractivity contribution in [2.45, 2.75) is 33.5 Å². The normalized spacial score (nSPS) is 11.0. The number of benzene rings is 2. The number of furan rings is 1. The summed E-state index contributed by atoms with van der Waals surface area (Å²) in [7, 11) is 0. The third kappa shape index (κ3) is 5.06. The van der Waals surface area contributed by atoms with Gasteiger partial charge in [-0.25, -0.2) is 4.39 Å². The molecule has 2 aromatic heterocycles. The van der Waals surface area contributed by atoms with Crippen molar-refractivity contribution in [2.24, 2.45) is 0 Å². The van der Waals surface area contributed by atoms with E-state index in [0.29, 0.717) is 30.3 Å². The predicted octanol–water partition coefficient (Wildman–Crippen LogP) is 4.95. The lowest BCUT2D eigenvalue weighted by Gasteiger charge is -2.26. The fraction of sp³-hybridized carbons (Fsp3) is 0.200. The van der Waals surface area contributed by atoms with E-state index in [4.69, 9.17) is 16.6 Å². The summed E-state index contributed by atoms with van der Waals surface area (Å²) in [6, 6.07) is 15.9. The monoisotopic (exact) mass is 449 g/mol. The van der Waals surface area contributed by atoms with Crippen molar-refractivity contribution >= 4 is 28.2 Å². The van der Waals surface area contributed by atoms with Crippen LogP contribution >= 0.6 is 12.2 Å². The van der Waals surface area contributed by atoms with E-state index in [0.717, 1.165) is 33.4 Å². The molecule has 0 aliphatic heterocycles. The van der Waals surface area contributed by atoms with E-state index in [9.17, 15) is 9.18 Å². The molecule has 0 aliphatic carbocycles. The molecule has 0 spiro atoms. The molecule has 4 rings (SSSR count). The molecule has 0 bridgehead atoms. The molecule has 32 heavy (non-hydrogen) atoms. The van der Waals surface area contributed by atoms with Gasteiger partial charge in [0.05, 0.1) is 19.4 Å². The Labute approximate surface area is 190 Å². The molecule has 0 fully saturated rings. The summed E-state index contributed by atoms with van der Waals surface area (Å²) in [5.41, 5.74) is 4.43. The highest BCUT2D eigenvalue weighted by atomic mass is 32.1. The van der Waals surface area contributed by atoms with Crippen LogP contribution in [0.1, 0.15) is 28.0 Å². The van der Waals surface area contributed by atoms with Gasteiger partial charge in [-0.3, -0.25) is 4.79 Å². The summed E-state index contributed by atoms with van der Waals surface area (Å²) < 4.78 is 18.7. The number of aryl methyl sites for hydroxylation is 2. The Morgan fingerprint density at radius 1 is 1.09 bits per heavy atom. The molecule has 2 aromatic carbocycles. The van der Waals surface area contributed by atoms with Gasteiger partial charge in [-0.05, 0) is 90.6 Å². The third-order valence-corrected chi connectivity index (χ3v) is 5.87. The van der Waals surface area contributed by atoms with Crippen molar-refractivity contribution in [3.8, 4) is 0 Å². The SMILES string of the molecule is Cc1cc2cc(CN(Cc3ccc(F)cc3)C(=S)NCc3ccco3)c(=O)[nH]c2cc1C. The summed E-state index contributed by atoms with van der Waals surface area (Å²) in [4.78, 5) is 17.7. The quantitative estimate of drug-likeness (QED) is 0.408. The number of hydrogen-bond acceptors (Lipinski definition) is 3. The highest BCUT2D eigenvalue weighted by Crippen LogP contribution is 2.18. The number of halogens is 1. The number of thiocarbonyl (C=S) groups is 1. The molecule has 0 saturated carbocycles. The second-order valence-corrected chi connectivity index (χ2v) is 8.25. The first-order valence-corrected chi connectivity index (χ1v) is 10.7. The first kappa shape index (κ1) is 21.8. The Morgan fingerprint density at radius 2 is 1.84 bits per heavy atom. The van der Waals surface area contributed by atoms with Gasteiger partial charge in [-0.15, -0.1) is 0 Å². The molecule has 4 aromatic rings. The fourth-order valence-corrected chi connectivity index (χ4v) is 3.74. The van der Waals surface area contributed by atoms with Crippen LogP contribution in [0, 0.1) is 19.7 Å². The molecule has 7 heteroatoms. The van der Waals surface area contributed by atoms with Gasteiger partial charge in [0.15, 0.2) is 5.11 Å². The van der Waals surface area contributed by atoms with E-state index in [2.05, 4.69) is 16.4 Å². The van der Waals surface area contributed by atoms with Crippen molar-refractivity contribution in [2.75, 3.05) is 0 Å². The van der Waals surface area contributed by atoms with E-state index in [-0.39, 0.29) is 11.4 Å². The molecular weight excluding hydrogens is 425 g/mol. The first-order chi connectivity index (χ1) is 15.4. The zero-order chi connectivity index (χ0) is 22.7. The number of hydrogen-bond donors (Lipinski definition) is 2. The highest BCUT2D eigenvalue weighted by molar-refractivity contribution is 7.80. The molecule has 5 nitrogen and oxygen atoms in total. The summed E-state index contributed by atoms with van der Waals surface area (Å²) in [6.45, 7) is 5.23. The summed E-state index contributed by atoms with van der Waals surface area (Å²) in [5.74, 6) is 0.457. The maximum absolute atomic E-state index is 13.4. The largest absolute Gasteiger partial charge is 0.467 e. The van der Waals surface area contributed by atoms with Crippen LogP contribution < -0.4 is 10.9 Å². The van der Waals surface area contributed by atoms with Crippen LogP contribution in [-0.2, 0) is 19.6 Å². The number of aromatic amines is 1. The van der Waals surface area contributed by atoms with Gasteiger partial charge in [0, 0.05) is 17.6 Å². The number of aromatic nitrogens is 1. The van der Waals surface area contributed by atoms with Gasteiger partial charge in [0.1, 0.15) is 11.6 Å². The number of nitrogens with zero attached hydrogens (tertiary/aromatic N) is 1. The Morgan fingerprint density at radius 3 is 2.56 bits per heavy atom. The first-order valence-electron chi connectivity index (χ1n) is 10.3. The van der Waals surface area contributed by atoms with Crippen LogP contribution in [0.25, 0.3) is 10.9 Å². The lowest BCUT2D eigenvalue weighted by molar-refractivity contribution is 0.393. The predicted molar refractivity (Wildman–Crippen MR) is 128 cm³/mol. The number of fused-ring (bicyclic) bond motifs is 1. The Hall–Kier alpha value is -3.45. The molecule has 164 valence electrons. The summed E-state index contributed by atoms with van der Waals surface area (Å²) in [6.07, 6.45) is 1.61. The molecule has 2 N–H and O–H groups in total. The Kier molecular flexibility index (Phi) is 6.37. The van der Waals surface area contributed by atoms with E-state index in [1.54, 1.807) is 18.4 Å². The molecular formula is C25H24FN3O2S. The van der Waals surface area contributed by atoms with Gasteiger partial charge < -0.3 is 19.6 Å². The average molecular weight is 450 g/mol. The number of nitrogens with one attached hydrogen (secondary N) is 2. The van der Waals surface area contributed by atoms with Crippen molar-refractivity contribution in [1.29, 1.82) is 0 Å². The molecule has 0 amide bonds. The van der Waals surface area contributed by atoms with Crippen molar-refractivity contribution in [3.05, 3.63) is 105 Å². The Bertz CT molecular complexity index is 1300. The molecule has 0 unspecified atom stereocenters. The summed E-state index contributed by atoms with van der Waals surface area (Å²) in [5, 5.41) is 4.64. The lowest BCUT2D eigenvalue weighted by Crippen LogP contribution is -2.39. The average Bonchev–Trinajstić information content (AvgIpc) is 3.29. The second-order valence-electron chi connectivity index (χ2n) is 7.87. The zero-order valence-corrected chi connectivity index (χ0v) is 18.8. The van der Waals surface area contributed by atoms with Gasteiger partial charge in [-0.1, -0.05) is 12.1 Å². The second kappa shape index (κ2) is 9.36. The minimum Gasteiger partial charge on any atom is -0.467 e.